The Hall–Kier alpha value is -1.07. The molecular weight excluding hydrogens is 815 g/mol. The van der Waals surface area contributed by atoms with Gasteiger partial charge in [0, 0.05) is 6.42 Å². The van der Waals surface area contributed by atoms with E-state index in [1.165, 1.54) is 225 Å². The van der Waals surface area contributed by atoms with Gasteiger partial charge in [0.15, 0.2) is 6.29 Å². The lowest BCUT2D eigenvalue weighted by Gasteiger charge is -2.40. The zero-order chi connectivity index (χ0) is 47.3. The van der Waals surface area contributed by atoms with E-state index in [0.29, 0.717) is 6.42 Å². The molecule has 0 aromatic rings. The molecule has 0 bridgehead atoms. The maximum absolute atomic E-state index is 13.0. The van der Waals surface area contributed by atoms with Gasteiger partial charge in [-0.25, -0.2) is 0 Å². The van der Waals surface area contributed by atoms with Crippen molar-refractivity contribution >= 4 is 5.91 Å². The molecule has 0 spiro atoms. The molecule has 0 aromatic heterocycles. The van der Waals surface area contributed by atoms with Crippen molar-refractivity contribution in [3.63, 3.8) is 0 Å². The SMILES string of the molecule is CCCCCCCCCCCCCC/C=C/[C@@H](O)[C@H](CO[C@@H]1O[C@H](CO)[C@@H](O)C(O)C1O)NC(=O)CCCCCCCCCCCCCCCCCCCCCCCCCCCCCC. The van der Waals surface area contributed by atoms with Crippen LogP contribution < -0.4 is 5.32 Å². The highest BCUT2D eigenvalue weighted by molar-refractivity contribution is 5.76. The number of aliphatic hydroxyl groups is 5. The Morgan fingerprint density at radius 2 is 0.846 bits per heavy atom. The molecule has 0 radical (unpaired) electrons. The molecule has 1 fully saturated rings. The number of aliphatic hydroxyl groups excluding tert-OH is 5. The molecule has 7 atom stereocenters. The second-order valence-electron chi connectivity index (χ2n) is 20.1. The molecular formula is C56H109NO8. The second kappa shape index (κ2) is 46.6. The van der Waals surface area contributed by atoms with E-state index in [4.69, 9.17) is 9.47 Å². The average molecular weight is 924 g/mol. The number of unbranched alkanes of at least 4 members (excludes halogenated alkanes) is 39. The monoisotopic (exact) mass is 924 g/mol. The summed E-state index contributed by atoms with van der Waals surface area (Å²) in [4.78, 5) is 13.0. The van der Waals surface area contributed by atoms with Crippen molar-refractivity contribution in [2.75, 3.05) is 13.2 Å². The van der Waals surface area contributed by atoms with Crippen LogP contribution in [0.1, 0.15) is 284 Å². The van der Waals surface area contributed by atoms with Gasteiger partial charge in [-0.1, -0.05) is 270 Å². The van der Waals surface area contributed by atoms with Crippen molar-refractivity contribution in [2.24, 2.45) is 0 Å². The number of rotatable bonds is 49. The third-order valence-electron chi connectivity index (χ3n) is 13.9. The minimum atomic E-state index is -1.56. The topological polar surface area (TPSA) is 149 Å². The number of amides is 1. The smallest absolute Gasteiger partial charge is 0.220 e. The van der Waals surface area contributed by atoms with Crippen LogP contribution in [0.25, 0.3) is 0 Å². The van der Waals surface area contributed by atoms with E-state index in [2.05, 4.69) is 19.2 Å². The van der Waals surface area contributed by atoms with Crippen LogP contribution in [0.15, 0.2) is 12.2 Å². The van der Waals surface area contributed by atoms with Gasteiger partial charge < -0.3 is 40.3 Å². The van der Waals surface area contributed by atoms with E-state index in [9.17, 15) is 30.3 Å². The number of hydrogen-bond acceptors (Lipinski definition) is 8. The number of ether oxygens (including phenoxy) is 2. The normalized spacial score (nSPS) is 19.9. The minimum Gasteiger partial charge on any atom is -0.394 e. The van der Waals surface area contributed by atoms with Gasteiger partial charge in [0.2, 0.25) is 5.91 Å². The van der Waals surface area contributed by atoms with Gasteiger partial charge >= 0.3 is 0 Å². The highest BCUT2D eigenvalue weighted by Crippen LogP contribution is 2.23. The molecule has 65 heavy (non-hydrogen) atoms. The molecule has 0 saturated carbocycles. The van der Waals surface area contributed by atoms with E-state index in [1.807, 2.05) is 6.08 Å². The van der Waals surface area contributed by atoms with Crippen LogP contribution in [0.5, 0.6) is 0 Å². The number of carbonyl (C=O) groups excluding carboxylic acids is 1. The van der Waals surface area contributed by atoms with Crippen molar-refractivity contribution < 1.29 is 39.8 Å². The van der Waals surface area contributed by atoms with Gasteiger partial charge in [0.1, 0.15) is 24.4 Å². The summed E-state index contributed by atoms with van der Waals surface area (Å²) >= 11 is 0. The van der Waals surface area contributed by atoms with E-state index in [-0.39, 0.29) is 12.5 Å². The predicted molar refractivity (Wildman–Crippen MR) is 272 cm³/mol. The fraction of sp³-hybridized carbons (Fsp3) is 0.946. The molecule has 9 heteroatoms. The van der Waals surface area contributed by atoms with Crippen LogP contribution in [0.3, 0.4) is 0 Å². The van der Waals surface area contributed by atoms with Gasteiger partial charge in [-0.3, -0.25) is 4.79 Å². The fourth-order valence-electron chi connectivity index (χ4n) is 9.34. The maximum Gasteiger partial charge on any atom is 0.220 e. The summed E-state index contributed by atoms with van der Waals surface area (Å²) in [5, 5.41) is 54.4. The Kier molecular flexibility index (Phi) is 44.5. The van der Waals surface area contributed by atoms with Crippen molar-refractivity contribution in [1.29, 1.82) is 0 Å². The molecule has 1 aliphatic rings. The zero-order valence-corrected chi connectivity index (χ0v) is 42.8. The summed E-state index contributed by atoms with van der Waals surface area (Å²) in [5.41, 5.74) is 0. The number of hydrogen-bond donors (Lipinski definition) is 6. The second-order valence-corrected chi connectivity index (χ2v) is 20.1. The summed E-state index contributed by atoms with van der Waals surface area (Å²) in [6.45, 7) is 3.81. The van der Waals surface area contributed by atoms with Crippen LogP contribution in [-0.2, 0) is 14.3 Å². The molecule has 2 unspecified atom stereocenters. The van der Waals surface area contributed by atoms with Gasteiger partial charge in [-0.05, 0) is 19.3 Å². The first kappa shape index (κ1) is 61.9. The molecule has 0 aromatic carbocycles. The first-order valence-electron chi connectivity index (χ1n) is 28.4. The lowest BCUT2D eigenvalue weighted by Crippen LogP contribution is -2.60. The molecule has 1 aliphatic heterocycles. The first-order valence-corrected chi connectivity index (χ1v) is 28.4. The molecule has 1 rings (SSSR count). The van der Waals surface area contributed by atoms with Gasteiger partial charge in [-0.15, -0.1) is 0 Å². The lowest BCUT2D eigenvalue weighted by atomic mass is 9.99. The van der Waals surface area contributed by atoms with Gasteiger partial charge in [0.25, 0.3) is 0 Å². The minimum absolute atomic E-state index is 0.171. The largest absolute Gasteiger partial charge is 0.394 e. The average Bonchev–Trinajstić information content (AvgIpc) is 3.31. The molecule has 6 N–H and O–H groups in total. The summed E-state index contributed by atoms with van der Waals surface area (Å²) in [6.07, 6.45) is 50.0. The standard InChI is InChI=1S/C56H109NO8/c1-3-5-7-9-11-13-15-17-19-20-21-22-23-24-25-26-27-28-29-30-31-32-34-36-38-40-42-44-46-52(60)57-49(48-64-56-55(63)54(62)53(61)51(47-58)65-56)50(59)45-43-41-39-37-35-33-18-16-14-12-10-8-6-4-2/h43,45,49-51,53-56,58-59,61-63H,3-42,44,46-48H2,1-2H3,(H,57,60)/b45-43+/t49-,50+,51+,53+,54?,55?,56+/m0/s1. The highest BCUT2D eigenvalue weighted by Gasteiger charge is 2.44. The van der Waals surface area contributed by atoms with Gasteiger partial charge in [0.05, 0.1) is 25.4 Å². The third-order valence-corrected chi connectivity index (χ3v) is 13.9. The van der Waals surface area contributed by atoms with E-state index < -0.39 is 49.5 Å². The van der Waals surface area contributed by atoms with E-state index in [1.54, 1.807) is 6.08 Å². The van der Waals surface area contributed by atoms with E-state index >= 15 is 0 Å². The molecule has 1 saturated heterocycles. The number of allylic oxidation sites excluding steroid dienone is 1. The molecule has 0 aliphatic carbocycles. The Morgan fingerprint density at radius 1 is 0.508 bits per heavy atom. The van der Waals surface area contributed by atoms with Crippen LogP contribution in [0.4, 0.5) is 0 Å². The molecule has 9 nitrogen and oxygen atoms in total. The predicted octanol–water partition coefficient (Wildman–Crippen LogP) is 13.6. The lowest BCUT2D eigenvalue weighted by molar-refractivity contribution is -0.302. The van der Waals surface area contributed by atoms with Crippen LogP contribution >= 0.6 is 0 Å². The van der Waals surface area contributed by atoms with Crippen molar-refractivity contribution in [3.8, 4) is 0 Å². The third kappa shape index (κ3) is 36.6. The Labute approximate surface area is 401 Å². The zero-order valence-electron chi connectivity index (χ0n) is 42.8. The molecule has 1 heterocycles. The molecule has 386 valence electrons. The van der Waals surface area contributed by atoms with Crippen LogP contribution in [-0.4, -0.2) is 87.5 Å². The highest BCUT2D eigenvalue weighted by atomic mass is 16.7. The quantitative estimate of drug-likeness (QED) is 0.0261. The Bertz CT molecular complexity index is 1030. The number of nitrogens with one attached hydrogen (secondary N) is 1. The van der Waals surface area contributed by atoms with Crippen molar-refractivity contribution in [2.45, 2.75) is 326 Å². The Morgan fingerprint density at radius 3 is 1.20 bits per heavy atom. The maximum atomic E-state index is 13.0. The van der Waals surface area contributed by atoms with Crippen LogP contribution in [0.2, 0.25) is 0 Å². The van der Waals surface area contributed by atoms with Crippen LogP contribution in [0, 0.1) is 0 Å². The fourth-order valence-corrected chi connectivity index (χ4v) is 9.34. The van der Waals surface area contributed by atoms with Crippen molar-refractivity contribution in [1.82, 2.24) is 5.32 Å². The summed E-state index contributed by atoms with van der Waals surface area (Å²) < 4.78 is 11.3. The Balaban J connectivity index is 2.15. The summed E-state index contributed by atoms with van der Waals surface area (Å²) in [5.74, 6) is -0.171. The first-order chi connectivity index (χ1) is 31.8. The summed E-state index contributed by atoms with van der Waals surface area (Å²) in [7, 11) is 0. The molecule has 1 amide bonds. The number of carbonyl (C=O) groups is 1. The van der Waals surface area contributed by atoms with Gasteiger partial charge in [-0.2, -0.15) is 0 Å². The van der Waals surface area contributed by atoms with E-state index in [0.717, 1.165) is 38.5 Å². The summed E-state index contributed by atoms with van der Waals surface area (Å²) in [6, 6.07) is -0.799. The van der Waals surface area contributed by atoms with Crippen molar-refractivity contribution in [3.05, 3.63) is 12.2 Å².